The van der Waals surface area contributed by atoms with Gasteiger partial charge in [0.15, 0.2) is 0 Å². The lowest BCUT2D eigenvalue weighted by Crippen LogP contribution is -1.87. The van der Waals surface area contributed by atoms with Crippen molar-refractivity contribution in [2.24, 2.45) is 0 Å². The van der Waals surface area contributed by atoms with E-state index in [1.165, 1.54) is 0 Å². The van der Waals surface area contributed by atoms with E-state index in [9.17, 15) is 8.76 Å². The average Bonchev–Trinajstić information content (AvgIpc) is 2.43. The monoisotopic (exact) mass is 230 g/mol. The molecule has 86 valence electrons. The van der Waals surface area contributed by atoms with Crippen LogP contribution in [0.25, 0.3) is 0 Å². The Morgan fingerprint density at radius 1 is 0.867 bits per heavy atom. The smallest absolute Gasteiger partial charge is 0.278 e. The summed E-state index contributed by atoms with van der Waals surface area (Å²) in [6, 6.07) is 0. The summed E-state index contributed by atoms with van der Waals surface area (Å²) in [4.78, 5) is 0. The van der Waals surface area contributed by atoms with E-state index in [4.69, 9.17) is 0 Å². The van der Waals surface area contributed by atoms with Gasteiger partial charge in [-0.25, -0.2) is 0 Å². The highest BCUT2D eigenvalue weighted by Gasteiger charge is 2.39. The van der Waals surface area contributed by atoms with Crippen molar-refractivity contribution in [3.8, 4) is 0 Å². The number of hydrogen-bond donors (Lipinski definition) is 0. The molecule has 0 atom stereocenters. The maximum Gasteiger partial charge on any atom is 0.293 e. The lowest BCUT2D eigenvalue weighted by Gasteiger charge is -2.08. The molecule has 1 aliphatic heterocycles. The predicted molar refractivity (Wildman–Crippen MR) is 63.9 cm³/mol. The van der Waals surface area contributed by atoms with Crippen LogP contribution in [0.15, 0.2) is 21.8 Å². The summed E-state index contributed by atoms with van der Waals surface area (Å²) in [5, 5.41) is 1.16. The van der Waals surface area contributed by atoms with Crippen LogP contribution in [0.4, 0.5) is 4.20 Å². The van der Waals surface area contributed by atoms with Crippen LogP contribution in [-0.2, 0) is 4.57 Å². The maximum absolute atomic E-state index is 14.3. The van der Waals surface area contributed by atoms with E-state index in [1.807, 2.05) is 27.7 Å². The average molecular weight is 230 g/mol. The second kappa shape index (κ2) is 4.65. The highest BCUT2D eigenvalue weighted by molar-refractivity contribution is 7.67. The van der Waals surface area contributed by atoms with Crippen LogP contribution >= 0.6 is 7.45 Å². The minimum absolute atomic E-state index is 0.573. The molecule has 0 aromatic carbocycles. The second-order valence-electron chi connectivity index (χ2n) is 3.80. The molecule has 0 spiro atoms. The first-order chi connectivity index (χ1) is 7.04. The second-order valence-corrected chi connectivity index (χ2v) is 5.94. The van der Waals surface area contributed by atoms with Crippen molar-refractivity contribution < 1.29 is 8.76 Å². The maximum atomic E-state index is 14.3. The van der Waals surface area contributed by atoms with Crippen molar-refractivity contribution in [2.45, 2.75) is 53.4 Å². The standard InChI is InChI=1S/C12H20FOP/c1-5-9-10(6-2)12(8-4)15(13,14)11(9)7-3/h5-8H2,1-4H3. The first-order valence-electron chi connectivity index (χ1n) is 5.79. The number of rotatable bonds is 4. The molecule has 3 heteroatoms. The zero-order chi connectivity index (χ0) is 11.6. The molecular formula is C12H20FOP. The topological polar surface area (TPSA) is 17.1 Å². The van der Waals surface area contributed by atoms with E-state index in [1.54, 1.807) is 0 Å². The van der Waals surface area contributed by atoms with Crippen molar-refractivity contribution in [1.82, 2.24) is 0 Å². The molecule has 0 unspecified atom stereocenters. The number of allylic oxidation sites excluding steroid dienone is 4. The third-order valence-corrected chi connectivity index (χ3v) is 5.69. The quantitative estimate of drug-likeness (QED) is 0.591. The first kappa shape index (κ1) is 12.7. The van der Waals surface area contributed by atoms with Gasteiger partial charge < -0.3 is 0 Å². The van der Waals surface area contributed by atoms with Crippen LogP contribution in [0.3, 0.4) is 0 Å². The Kier molecular flexibility index (Phi) is 3.94. The Morgan fingerprint density at radius 3 is 1.40 bits per heavy atom. The molecule has 0 aromatic heterocycles. The molecular weight excluding hydrogens is 210 g/mol. The molecule has 0 saturated carbocycles. The van der Waals surface area contributed by atoms with Gasteiger partial charge in [0.2, 0.25) is 0 Å². The molecule has 0 aromatic rings. The summed E-state index contributed by atoms with van der Waals surface area (Å²) in [5.74, 6) is 0. The van der Waals surface area contributed by atoms with Gasteiger partial charge in [-0.05, 0) is 36.8 Å². The molecule has 0 radical (unpaired) electrons. The van der Waals surface area contributed by atoms with Crippen LogP contribution in [-0.4, -0.2) is 0 Å². The summed E-state index contributed by atoms with van der Waals surface area (Å²) in [7, 11) is -3.65. The molecule has 1 aliphatic rings. The van der Waals surface area contributed by atoms with Crippen molar-refractivity contribution in [1.29, 1.82) is 0 Å². The molecule has 1 rings (SSSR count). The van der Waals surface area contributed by atoms with Crippen molar-refractivity contribution in [3.05, 3.63) is 21.8 Å². The van der Waals surface area contributed by atoms with Crippen LogP contribution in [0, 0.1) is 0 Å². The minimum Gasteiger partial charge on any atom is -0.278 e. The van der Waals surface area contributed by atoms with Gasteiger partial charge in [0.25, 0.3) is 7.45 Å². The van der Waals surface area contributed by atoms with Gasteiger partial charge in [0, 0.05) is 10.6 Å². The fraction of sp³-hybridized carbons (Fsp3) is 0.667. The lowest BCUT2D eigenvalue weighted by atomic mass is 9.99. The Hall–Kier alpha value is -0.360. The fourth-order valence-corrected chi connectivity index (χ4v) is 4.95. The van der Waals surface area contributed by atoms with Crippen LogP contribution < -0.4 is 0 Å². The number of halogens is 1. The Bertz CT molecular complexity index is 334. The minimum atomic E-state index is -3.65. The van der Waals surface area contributed by atoms with Gasteiger partial charge in [-0.3, -0.25) is 4.57 Å². The van der Waals surface area contributed by atoms with Gasteiger partial charge in [0.1, 0.15) is 0 Å². The highest BCUT2D eigenvalue weighted by Crippen LogP contribution is 2.71. The lowest BCUT2D eigenvalue weighted by molar-refractivity contribution is 0.550. The first-order valence-corrected chi connectivity index (χ1v) is 7.39. The van der Waals surface area contributed by atoms with E-state index < -0.39 is 7.45 Å². The van der Waals surface area contributed by atoms with Gasteiger partial charge in [-0.1, -0.05) is 27.7 Å². The third-order valence-electron chi connectivity index (χ3n) is 3.13. The zero-order valence-electron chi connectivity index (χ0n) is 10.1. The van der Waals surface area contributed by atoms with E-state index in [-0.39, 0.29) is 0 Å². The van der Waals surface area contributed by atoms with Crippen LogP contribution in [0.1, 0.15) is 53.4 Å². The summed E-state index contributed by atoms with van der Waals surface area (Å²) >= 11 is 0. The van der Waals surface area contributed by atoms with Gasteiger partial charge in [0.05, 0.1) is 0 Å². The largest absolute Gasteiger partial charge is 0.293 e. The molecule has 0 amide bonds. The SMILES string of the molecule is CCC1=C(CC)P(=O)(F)C(CC)=C1CC. The zero-order valence-corrected chi connectivity index (χ0v) is 11.0. The summed E-state index contributed by atoms with van der Waals surface area (Å²) < 4.78 is 26.3. The summed E-state index contributed by atoms with van der Waals surface area (Å²) in [5.41, 5.74) is 2.06. The Labute approximate surface area is 91.9 Å². The van der Waals surface area contributed by atoms with Crippen LogP contribution in [0.2, 0.25) is 0 Å². The number of hydrogen-bond acceptors (Lipinski definition) is 1. The third kappa shape index (κ3) is 1.85. The molecule has 0 aliphatic carbocycles. The highest BCUT2D eigenvalue weighted by atomic mass is 31.2. The Balaban J connectivity index is 3.39. The van der Waals surface area contributed by atoms with Crippen LogP contribution in [0.5, 0.6) is 0 Å². The molecule has 0 saturated heterocycles. The summed E-state index contributed by atoms with van der Waals surface area (Å²) in [6.07, 6.45) is 2.74. The molecule has 1 nitrogen and oxygen atoms in total. The summed E-state index contributed by atoms with van der Waals surface area (Å²) in [6.45, 7) is 7.81. The van der Waals surface area contributed by atoms with Crippen molar-refractivity contribution in [3.63, 3.8) is 0 Å². The van der Waals surface area contributed by atoms with E-state index in [0.717, 1.165) is 24.0 Å². The van der Waals surface area contributed by atoms with Gasteiger partial charge in [-0.2, -0.15) is 4.20 Å². The fourth-order valence-electron chi connectivity index (χ4n) is 2.53. The normalized spacial score (nSPS) is 20.3. The van der Waals surface area contributed by atoms with Crippen molar-refractivity contribution in [2.75, 3.05) is 0 Å². The molecule has 0 fully saturated rings. The molecule has 1 heterocycles. The molecule has 15 heavy (non-hydrogen) atoms. The van der Waals surface area contributed by atoms with E-state index in [0.29, 0.717) is 23.5 Å². The predicted octanol–water partition coefficient (Wildman–Crippen LogP) is 5.40. The molecule has 0 bridgehead atoms. The van der Waals surface area contributed by atoms with Crippen molar-refractivity contribution >= 4 is 7.45 Å². The Morgan fingerprint density at radius 2 is 1.20 bits per heavy atom. The van der Waals surface area contributed by atoms with E-state index >= 15 is 0 Å². The molecule has 0 N–H and O–H groups in total. The van der Waals surface area contributed by atoms with E-state index in [2.05, 4.69) is 0 Å². The van der Waals surface area contributed by atoms with Gasteiger partial charge in [-0.15, -0.1) is 0 Å². The van der Waals surface area contributed by atoms with Gasteiger partial charge >= 0.3 is 0 Å².